The topological polar surface area (TPSA) is 38.3 Å². The van der Waals surface area contributed by atoms with Gasteiger partial charge in [-0.2, -0.15) is 0 Å². The molecule has 19 heavy (non-hydrogen) atoms. The van der Waals surface area contributed by atoms with Gasteiger partial charge in [-0.1, -0.05) is 17.7 Å². The number of nitrogens with one attached hydrogen (secondary N) is 1. The summed E-state index contributed by atoms with van der Waals surface area (Å²) >= 11 is 6.04. The summed E-state index contributed by atoms with van der Waals surface area (Å²) in [4.78, 5) is 12.4. The van der Waals surface area contributed by atoms with E-state index in [1.54, 1.807) is 0 Å². The minimum atomic E-state index is -0.579. The molecule has 1 unspecified atom stereocenters. The number of ether oxygens (including phenoxy) is 1. The fraction of sp³-hybridized carbons (Fsp3) is 0.533. The normalized spacial score (nSPS) is 25.2. The van der Waals surface area contributed by atoms with Crippen LogP contribution in [0.5, 0.6) is 0 Å². The number of carbonyl (C=O) groups excluding carboxylic acids is 1. The van der Waals surface area contributed by atoms with Crippen LogP contribution in [-0.4, -0.2) is 24.2 Å². The lowest BCUT2D eigenvalue weighted by Gasteiger charge is -2.28. The van der Waals surface area contributed by atoms with Gasteiger partial charge in [0.05, 0.1) is 6.61 Å². The molecule has 0 amide bonds. The lowest BCUT2D eigenvalue weighted by molar-refractivity contribution is -0.151. The summed E-state index contributed by atoms with van der Waals surface area (Å²) in [7, 11) is 0. The van der Waals surface area contributed by atoms with Gasteiger partial charge >= 0.3 is 5.97 Å². The van der Waals surface area contributed by atoms with Gasteiger partial charge < -0.3 is 4.74 Å². The summed E-state index contributed by atoms with van der Waals surface area (Å²) in [5.74, 6) is -0.130. The van der Waals surface area contributed by atoms with E-state index in [1.807, 2.05) is 25.1 Å². The van der Waals surface area contributed by atoms with Crippen molar-refractivity contribution in [2.24, 2.45) is 0 Å². The Morgan fingerprint density at radius 3 is 2.84 bits per heavy atom. The van der Waals surface area contributed by atoms with Crippen LogP contribution in [0.3, 0.4) is 0 Å². The summed E-state index contributed by atoms with van der Waals surface area (Å²) < 4.78 is 5.28. The van der Waals surface area contributed by atoms with Crippen LogP contribution in [0.2, 0.25) is 5.02 Å². The molecule has 1 saturated carbocycles. The van der Waals surface area contributed by atoms with Crippen molar-refractivity contribution in [1.82, 2.24) is 5.32 Å². The third kappa shape index (κ3) is 2.49. The summed E-state index contributed by atoms with van der Waals surface area (Å²) in [6.45, 7) is 2.27. The van der Waals surface area contributed by atoms with Gasteiger partial charge in [0.15, 0.2) is 0 Å². The van der Waals surface area contributed by atoms with Gasteiger partial charge in [-0.15, -0.1) is 0 Å². The minimum absolute atomic E-state index is 0.130. The van der Waals surface area contributed by atoms with E-state index in [9.17, 15) is 4.79 Å². The average Bonchev–Trinajstić information content (AvgIpc) is 3.08. The van der Waals surface area contributed by atoms with Gasteiger partial charge in [0.2, 0.25) is 0 Å². The average molecular weight is 280 g/mol. The molecule has 4 heteroatoms. The zero-order valence-corrected chi connectivity index (χ0v) is 11.8. The minimum Gasteiger partial charge on any atom is -0.465 e. The molecule has 1 atom stereocenters. The van der Waals surface area contributed by atoms with E-state index in [0.717, 1.165) is 23.4 Å². The predicted octanol–water partition coefficient (Wildman–Crippen LogP) is 2.49. The number of carbonyl (C=O) groups is 1. The first-order chi connectivity index (χ1) is 9.13. The van der Waals surface area contributed by atoms with E-state index >= 15 is 0 Å². The highest BCUT2D eigenvalue weighted by Gasteiger charge is 2.47. The number of esters is 1. The molecule has 0 bridgehead atoms. The maximum atomic E-state index is 12.4. The van der Waals surface area contributed by atoms with Crippen molar-refractivity contribution in [3.8, 4) is 0 Å². The molecule has 1 aromatic carbocycles. The molecule has 0 heterocycles. The summed E-state index contributed by atoms with van der Waals surface area (Å²) in [6.07, 6.45) is 3.68. The van der Waals surface area contributed by atoms with Gasteiger partial charge in [0.1, 0.15) is 5.54 Å². The first-order valence-electron chi connectivity index (χ1n) is 6.85. The van der Waals surface area contributed by atoms with Crippen molar-refractivity contribution in [3.05, 3.63) is 34.3 Å². The Morgan fingerprint density at radius 2 is 2.16 bits per heavy atom. The lowest BCUT2D eigenvalue weighted by Crippen LogP contribution is -2.54. The highest BCUT2D eigenvalue weighted by molar-refractivity contribution is 6.30. The van der Waals surface area contributed by atoms with Crippen molar-refractivity contribution in [2.75, 3.05) is 6.61 Å². The van der Waals surface area contributed by atoms with E-state index in [1.165, 1.54) is 5.56 Å². The second kappa shape index (κ2) is 4.80. The fourth-order valence-electron chi connectivity index (χ4n) is 2.84. The number of hydrogen-bond donors (Lipinski definition) is 1. The summed E-state index contributed by atoms with van der Waals surface area (Å²) in [5, 5.41) is 4.23. The first-order valence-corrected chi connectivity index (χ1v) is 7.23. The van der Waals surface area contributed by atoms with E-state index in [-0.39, 0.29) is 5.97 Å². The van der Waals surface area contributed by atoms with Crippen molar-refractivity contribution in [3.63, 3.8) is 0 Å². The molecule has 102 valence electrons. The third-order valence-corrected chi connectivity index (χ3v) is 4.11. The zero-order chi connectivity index (χ0) is 13.5. The predicted molar refractivity (Wildman–Crippen MR) is 74.4 cm³/mol. The lowest BCUT2D eigenvalue weighted by atomic mass is 9.95. The Bertz CT molecular complexity index is 513. The molecule has 2 aliphatic carbocycles. The molecule has 0 aliphatic heterocycles. The molecular formula is C15H18ClNO2. The van der Waals surface area contributed by atoms with Crippen LogP contribution in [0.4, 0.5) is 0 Å². The van der Waals surface area contributed by atoms with E-state index in [0.29, 0.717) is 25.5 Å². The molecule has 1 N–H and O–H groups in total. The van der Waals surface area contributed by atoms with Crippen molar-refractivity contribution in [2.45, 2.75) is 44.2 Å². The largest absolute Gasteiger partial charge is 0.465 e. The highest BCUT2D eigenvalue weighted by Crippen LogP contribution is 2.35. The van der Waals surface area contributed by atoms with Crippen molar-refractivity contribution in [1.29, 1.82) is 0 Å². The van der Waals surface area contributed by atoms with Crippen LogP contribution in [0.1, 0.15) is 30.9 Å². The van der Waals surface area contributed by atoms with Gasteiger partial charge in [0.25, 0.3) is 0 Å². The molecule has 1 aromatic rings. The Labute approximate surface area is 118 Å². The van der Waals surface area contributed by atoms with Crippen molar-refractivity contribution < 1.29 is 9.53 Å². The summed E-state index contributed by atoms with van der Waals surface area (Å²) in [5.41, 5.74) is 1.78. The molecule has 3 rings (SSSR count). The SMILES string of the molecule is CCOC(=O)C1(NC2CC2)Cc2ccc(Cl)cc2C1. The molecule has 0 aromatic heterocycles. The van der Waals surface area contributed by atoms with Crippen LogP contribution >= 0.6 is 11.6 Å². The maximum absolute atomic E-state index is 12.4. The van der Waals surface area contributed by atoms with E-state index in [4.69, 9.17) is 16.3 Å². The van der Waals surface area contributed by atoms with Gasteiger partial charge in [-0.3, -0.25) is 10.1 Å². The zero-order valence-electron chi connectivity index (χ0n) is 11.0. The molecular weight excluding hydrogens is 262 g/mol. The molecule has 2 aliphatic rings. The Morgan fingerprint density at radius 1 is 1.42 bits per heavy atom. The van der Waals surface area contributed by atoms with E-state index in [2.05, 4.69) is 5.32 Å². The molecule has 0 radical (unpaired) electrons. The molecule has 0 spiro atoms. The molecule has 1 fully saturated rings. The van der Waals surface area contributed by atoms with Crippen LogP contribution in [0.25, 0.3) is 0 Å². The van der Waals surface area contributed by atoms with Crippen LogP contribution < -0.4 is 5.32 Å². The maximum Gasteiger partial charge on any atom is 0.327 e. The smallest absolute Gasteiger partial charge is 0.327 e. The van der Waals surface area contributed by atoms with Gasteiger partial charge in [-0.05, 0) is 43.0 Å². The van der Waals surface area contributed by atoms with Gasteiger partial charge in [-0.25, -0.2) is 0 Å². The Hall–Kier alpha value is -1.06. The number of halogens is 1. The van der Waals surface area contributed by atoms with E-state index < -0.39 is 5.54 Å². The van der Waals surface area contributed by atoms with Crippen molar-refractivity contribution >= 4 is 17.6 Å². The first kappa shape index (κ1) is 12.9. The number of hydrogen-bond acceptors (Lipinski definition) is 3. The monoisotopic (exact) mass is 279 g/mol. The molecule has 3 nitrogen and oxygen atoms in total. The van der Waals surface area contributed by atoms with Crippen LogP contribution in [0, 0.1) is 0 Å². The van der Waals surface area contributed by atoms with Gasteiger partial charge in [0, 0.05) is 23.9 Å². The number of fused-ring (bicyclic) bond motifs is 1. The number of rotatable bonds is 4. The third-order valence-electron chi connectivity index (χ3n) is 3.88. The Balaban J connectivity index is 1.88. The standard InChI is InChI=1S/C15H18ClNO2/c1-2-19-14(18)15(17-13-5-6-13)8-10-3-4-12(16)7-11(10)9-15/h3-4,7,13,17H,2,5-6,8-9H2,1H3. The highest BCUT2D eigenvalue weighted by atomic mass is 35.5. The summed E-state index contributed by atoms with van der Waals surface area (Å²) in [6, 6.07) is 6.34. The van der Waals surface area contributed by atoms with Crippen LogP contribution in [0.15, 0.2) is 18.2 Å². The second-order valence-corrected chi connectivity index (χ2v) is 5.92. The van der Waals surface area contributed by atoms with Crippen LogP contribution in [-0.2, 0) is 22.4 Å². The molecule has 0 saturated heterocycles. The Kier molecular flexibility index (Phi) is 3.27. The quantitative estimate of drug-likeness (QED) is 0.861. The number of benzene rings is 1. The fourth-order valence-corrected chi connectivity index (χ4v) is 3.03. The second-order valence-electron chi connectivity index (χ2n) is 5.49.